The Balaban J connectivity index is 1.58. The van der Waals surface area contributed by atoms with Gasteiger partial charge in [0.05, 0.1) is 5.75 Å². The molecule has 29 heavy (non-hydrogen) atoms. The number of amides is 3. The second kappa shape index (κ2) is 9.15. The monoisotopic (exact) mass is 421 g/mol. The number of carbonyl (C=O) groups excluding carboxylic acids is 2. The molecule has 2 N–H and O–H groups in total. The minimum atomic E-state index is -3.80. The Morgan fingerprint density at radius 1 is 1.07 bits per heavy atom. The van der Waals surface area contributed by atoms with E-state index in [1.807, 2.05) is 6.92 Å². The molecule has 0 saturated carbocycles. The molecule has 0 atom stereocenters. The molecule has 8 heteroatoms. The van der Waals surface area contributed by atoms with Gasteiger partial charge in [0.15, 0.2) is 0 Å². The summed E-state index contributed by atoms with van der Waals surface area (Å²) in [4.78, 5) is 26.0. The lowest BCUT2D eigenvalue weighted by Crippen LogP contribution is -2.37. The van der Waals surface area contributed by atoms with E-state index < -0.39 is 16.1 Å². The SMILES string of the molecule is CCCN(C)C(=O)CCCS(=O)(=O)NC(=O)Nc1c2c(cc3c1CCC3)CCC2. The van der Waals surface area contributed by atoms with E-state index in [2.05, 4.69) is 16.1 Å². The number of fused-ring (bicyclic) bond motifs is 2. The predicted octanol–water partition coefficient (Wildman–Crippen LogP) is 2.76. The van der Waals surface area contributed by atoms with Crippen molar-refractivity contribution in [2.24, 2.45) is 0 Å². The maximum atomic E-state index is 12.4. The second-order valence-corrected chi connectivity index (χ2v) is 9.87. The van der Waals surface area contributed by atoms with Gasteiger partial charge in [-0.05, 0) is 73.6 Å². The van der Waals surface area contributed by atoms with Crippen LogP contribution in [0, 0.1) is 0 Å². The first-order valence-electron chi connectivity index (χ1n) is 10.5. The van der Waals surface area contributed by atoms with Crippen molar-refractivity contribution in [2.45, 2.75) is 64.7 Å². The summed E-state index contributed by atoms with van der Waals surface area (Å²) < 4.78 is 26.7. The molecule has 7 nitrogen and oxygen atoms in total. The van der Waals surface area contributed by atoms with Gasteiger partial charge in [0, 0.05) is 25.7 Å². The second-order valence-electron chi connectivity index (χ2n) is 8.03. The van der Waals surface area contributed by atoms with Crippen LogP contribution in [0.5, 0.6) is 0 Å². The Kier molecular flexibility index (Phi) is 6.82. The molecular weight excluding hydrogens is 390 g/mol. The van der Waals surface area contributed by atoms with Gasteiger partial charge in [0.2, 0.25) is 15.9 Å². The maximum Gasteiger partial charge on any atom is 0.332 e. The third-order valence-corrected chi connectivity index (χ3v) is 7.07. The van der Waals surface area contributed by atoms with Gasteiger partial charge in [-0.1, -0.05) is 13.0 Å². The average molecular weight is 422 g/mol. The smallest absolute Gasteiger partial charge is 0.332 e. The first kappa shape index (κ1) is 21.6. The summed E-state index contributed by atoms with van der Waals surface area (Å²) in [5, 5.41) is 2.83. The summed E-state index contributed by atoms with van der Waals surface area (Å²) in [5.74, 6) is -0.334. The molecule has 1 aromatic rings. The largest absolute Gasteiger partial charge is 0.346 e. The topological polar surface area (TPSA) is 95.6 Å². The highest BCUT2D eigenvalue weighted by Crippen LogP contribution is 2.38. The van der Waals surface area contributed by atoms with E-state index in [0.717, 1.165) is 61.8 Å². The lowest BCUT2D eigenvalue weighted by Gasteiger charge is -2.17. The van der Waals surface area contributed by atoms with Crippen LogP contribution in [0.2, 0.25) is 0 Å². The Hall–Kier alpha value is -2.09. The summed E-state index contributed by atoms with van der Waals surface area (Å²) in [7, 11) is -2.08. The first-order chi connectivity index (χ1) is 13.8. The van der Waals surface area contributed by atoms with Crippen LogP contribution in [0.4, 0.5) is 10.5 Å². The van der Waals surface area contributed by atoms with Crippen molar-refractivity contribution in [3.05, 3.63) is 28.3 Å². The normalized spacial score (nSPS) is 15.0. The number of urea groups is 1. The fourth-order valence-electron chi connectivity index (χ4n) is 4.36. The molecule has 0 spiro atoms. The quantitative estimate of drug-likeness (QED) is 0.675. The Morgan fingerprint density at radius 3 is 2.28 bits per heavy atom. The maximum absolute atomic E-state index is 12.4. The highest BCUT2D eigenvalue weighted by atomic mass is 32.2. The molecule has 0 saturated heterocycles. The molecule has 0 aliphatic heterocycles. The van der Waals surface area contributed by atoms with Gasteiger partial charge in [0.25, 0.3) is 0 Å². The zero-order valence-corrected chi connectivity index (χ0v) is 18.2. The summed E-state index contributed by atoms with van der Waals surface area (Å²) in [6, 6.07) is 1.55. The van der Waals surface area contributed by atoms with Crippen LogP contribution in [0.1, 0.15) is 61.3 Å². The molecule has 2 aliphatic rings. The van der Waals surface area contributed by atoms with E-state index in [0.29, 0.717) is 6.54 Å². The molecule has 0 unspecified atom stereocenters. The standard InChI is InChI=1S/C21H31N3O4S/c1-3-12-24(2)19(25)11-6-13-29(27,28)23-21(26)22-20-17-9-4-7-15(17)14-16-8-5-10-18(16)20/h14H,3-13H2,1-2H3,(H2,22,23,26). The van der Waals surface area contributed by atoms with Gasteiger partial charge < -0.3 is 10.2 Å². The van der Waals surface area contributed by atoms with E-state index in [1.165, 1.54) is 11.1 Å². The number of benzene rings is 1. The van der Waals surface area contributed by atoms with Crippen LogP contribution in [0.3, 0.4) is 0 Å². The van der Waals surface area contributed by atoms with E-state index >= 15 is 0 Å². The van der Waals surface area contributed by atoms with Crippen LogP contribution in [-0.4, -0.2) is 44.6 Å². The van der Waals surface area contributed by atoms with E-state index in [4.69, 9.17) is 0 Å². The summed E-state index contributed by atoms with van der Waals surface area (Å²) >= 11 is 0. The number of carbonyl (C=O) groups is 2. The minimum absolute atomic E-state index is 0.0816. The Labute approximate surface area is 173 Å². The van der Waals surface area contributed by atoms with E-state index in [9.17, 15) is 18.0 Å². The molecule has 0 fully saturated rings. The number of anilines is 1. The molecule has 0 aromatic heterocycles. The fraction of sp³-hybridized carbons (Fsp3) is 0.619. The van der Waals surface area contributed by atoms with Gasteiger partial charge in [-0.25, -0.2) is 17.9 Å². The zero-order valence-electron chi connectivity index (χ0n) is 17.3. The van der Waals surface area contributed by atoms with Gasteiger partial charge in [-0.15, -0.1) is 0 Å². The lowest BCUT2D eigenvalue weighted by atomic mass is 9.99. The number of sulfonamides is 1. The Morgan fingerprint density at radius 2 is 1.69 bits per heavy atom. The van der Waals surface area contributed by atoms with Gasteiger partial charge in [-0.2, -0.15) is 0 Å². The van der Waals surface area contributed by atoms with Crippen molar-refractivity contribution < 1.29 is 18.0 Å². The molecule has 0 bridgehead atoms. The molecule has 0 radical (unpaired) electrons. The van der Waals surface area contributed by atoms with Crippen LogP contribution in [0.25, 0.3) is 0 Å². The molecule has 3 amide bonds. The van der Waals surface area contributed by atoms with Gasteiger partial charge >= 0.3 is 6.03 Å². The number of hydrogen-bond acceptors (Lipinski definition) is 4. The predicted molar refractivity (Wildman–Crippen MR) is 114 cm³/mol. The minimum Gasteiger partial charge on any atom is -0.346 e. The fourth-order valence-corrected chi connectivity index (χ4v) is 5.32. The number of aryl methyl sites for hydroxylation is 2. The summed E-state index contributed by atoms with van der Waals surface area (Å²) in [6.45, 7) is 2.63. The molecule has 0 heterocycles. The van der Waals surface area contributed by atoms with Gasteiger partial charge in [0.1, 0.15) is 0 Å². The lowest BCUT2D eigenvalue weighted by molar-refractivity contribution is -0.129. The van der Waals surface area contributed by atoms with Crippen LogP contribution in [-0.2, 0) is 40.5 Å². The van der Waals surface area contributed by atoms with Crippen molar-refractivity contribution in [1.29, 1.82) is 0 Å². The van der Waals surface area contributed by atoms with Crippen LogP contribution < -0.4 is 10.0 Å². The highest BCUT2D eigenvalue weighted by molar-refractivity contribution is 7.90. The van der Waals surface area contributed by atoms with Crippen molar-refractivity contribution >= 4 is 27.6 Å². The third-order valence-electron chi connectivity index (χ3n) is 5.75. The van der Waals surface area contributed by atoms with Crippen LogP contribution in [0.15, 0.2) is 6.07 Å². The number of nitrogens with zero attached hydrogens (tertiary/aromatic N) is 1. The van der Waals surface area contributed by atoms with E-state index in [1.54, 1.807) is 11.9 Å². The van der Waals surface area contributed by atoms with Crippen molar-refractivity contribution in [1.82, 2.24) is 9.62 Å². The third kappa shape index (κ3) is 5.29. The molecule has 1 aromatic carbocycles. The van der Waals surface area contributed by atoms with Crippen molar-refractivity contribution in [3.8, 4) is 0 Å². The zero-order chi connectivity index (χ0) is 21.0. The van der Waals surface area contributed by atoms with Gasteiger partial charge in [-0.3, -0.25) is 4.79 Å². The van der Waals surface area contributed by atoms with E-state index in [-0.39, 0.29) is 24.5 Å². The summed E-state index contributed by atoms with van der Waals surface area (Å²) in [5.41, 5.74) is 5.68. The molecule has 160 valence electrons. The van der Waals surface area contributed by atoms with Crippen LogP contribution >= 0.6 is 0 Å². The summed E-state index contributed by atoms with van der Waals surface area (Å²) in [6.07, 6.45) is 7.17. The molecular formula is C21H31N3O4S. The number of rotatable bonds is 8. The first-order valence-corrected chi connectivity index (χ1v) is 12.2. The van der Waals surface area contributed by atoms with Crippen molar-refractivity contribution in [3.63, 3.8) is 0 Å². The average Bonchev–Trinajstić information content (AvgIpc) is 3.29. The molecule has 3 rings (SSSR count). The molecule has 2 aliphatic carbocycles. The number of nitrogens with one attached hydrogen (secondary N) is 2. The van der Waals surface area contributed by atoms with Crippen molar-refractivity contribution in [2.75, 3.05) is 24.7 Å². The Bertz CT molecular complexity index is 863. The number of hydrogen-bond donors (Lipinski definition) is 2. The highest BCUT2D eigenvalue weighted by Gasteiger charge is 2.26.